The van der Waals surface area contributed by atoms with Crippen LogP contribution >= 0.6 is 23.2 Å². The summed E-state index contributed by atoms with van der Waals surface area (Å²) in [6.45, 7) is 0. The van der Waals surface area contributed by atoms with Gasteiger partial charge in [0.05, 0.1) is 11.3 Å². The van der Waals surface area contributed by atoms with Gasteiger partial charge in [0.25, 0.3) is 10.0 Å². The van der Waals surface area contributed by atoms with Crippen molar-refractivity contribution in [1.82, 2.24) is 9.80 Å². The first-order valence-electron chi connectivity index (χ1n) is 14.4. The van der Waals surface area contributed by atoms with E-state index in [4.69, 9.17) is 33.9 Å². The maximum Gasteiger partial charge on any atom is 0.266 e. The van der Waals surface area contributed by atoms with Gasteiger partial charge in [-0.15, -0.1) is 4.40 Å². The Morgan fingerprint density at radius 3 is 2.21 bits per heavy atom. The van der Waals surface area contributed by atoms with Crippen LogP contribution in [0.25, 0.3) is 0 Å². The van der Waals surface area contributed by atoms with E-state index in [1.165, 1.54) is 0 Å². The highest BCUT2D eigenvalue weighted by molar-refractivity contribution is 7.91. The maximum atomic E-state index is 14.3. The van der Waals surface area contributed by atoms with Gasteiger partial charge in [-0.3, -0.25) is 4.99 Å². The van der Waals surface area contributed by atoms with Crippen molar-refractivity contribution in [3.05, 3.63) is 106 Å². The topological polar surface area (TPSA) is 103 Å². The maximum absolute atomic E-state index is 14.3. The van der Waals surface area contributed by atoms with Crippen LogP contribution in [0.2, 0.25) is 10.0 Å². The van der Waals surface area contributed by atoms with Gasteiger partial charge < -0.3 is 15.5 Å². The largest absolute Gasteiger partial charge is 0.369 e. The van der Waals surface area contributed by atoms with Crippen molar-refractivity contribution in [3.63, 3.8) is 0 Å². The number of fused-ring (bicyclic) bond motifs is 3. The highest BCUT2D eigenvalue weighted by Crippen LogP contribution is 2.70. The molecule has 3 aromatic rings. The second-order valence-corrected chi connectivity index (χ2v) is 14.9. The summed E-state index contributed by atoms with van der Waals surface area (Å²) in [5, 5.41) is 1.20. The van der Waals surface area contributed by atoms with Crippen LogP contribution in [0.3, 0.4) is 0 Å². The average Bonchev–Trinajstić information content (AvgIpc) is 3.61. The van der Waals surface area contributed by atoms with Crippen LogP contribution in [0.4, 0.5) is 0 Å². The summed E-state index contributed by atoms with van der Waals surface area (Å²) in [4.78, 5) is 14.0. The molecule has 0 radical (unpaired) electrons. The minimum Gasteiger partial charge on any atom is -0.369 e. The predicted octanol–water partition coefficient (Wildman–Crippen LogP) is 5.77. The van der Waals surface area contributed by atoms with Gasteiger partial charge in [0.1, 0.15) is 4.75 Å². The normalized spacial score (nSPS) is 30.7. The third-order valence-corrected chi connectivity index (χ3v) is 12.3. The van der Waals surface area contributed by atoms with Gasteiger partial charge in [0.2, 0.25) is 5.96 Å². The number of rotatable bonds is 3. The van der Waals surface area contributed by atoms with Gasteiger partial charge >= 0.3 is 0 Å². The zero-order valence-electron chi connectivity index (χ0n) is 23.9. The number of hydrogen-bond donors (Lipinski definition) is 1. The summed E-state index contributed by atoms with van der Waals surface area (Å²) in [5.41, 5.74) is 8.89. The minimum atomic E-state index is -4.08. The van der Waals surface area contributed by atoms with E-state index >= 15 is 0 Å². The third kappa shape index (κ3) is 4.15. The van der Waals surface area contributed by atoms with E-state index in [1.807, 2.05) is 54.6 Å². The molecule has 43 heavy (non-hydrogen) atoms. The number of aliphatic imine (C=N–C) groups is 2. The summed E-state index contributed by atoms with van der Waals surface area (Å²) in [6, 6.07) is 25.3. The van der Waals surface area contributed by atoms with E-state index in [9.17, 15) is 8.42 Å². The summed E-state index contributed by atoms with van der Waals surface area (Å²) in [5.74, 6) is 0.232. The lowest BCUT2D eigenvalue weighted by Gasteiger charge is -2.35. The molecule has 4 unspecified atom stereocenters. The highest BCUT2D eigenvalue weighted by atomic mass is 35.5. The van der Waals surface area contributed by atoms with Crippen LogP contribution in [0, 0.1) is 0 Å². The van der Waals surface area contributed by atoms with Crippen molar-refractivity contribution in [2.24, 2.45) is 20.1 Å². The van der Waals surface area contributed by atoms with Crippen LogP contribution in [0.5, 0.6) is 0 Å². The van der Waals surface area contributed by atoms with E-state index in [0.717, 1.165) is 23.3 Å². The number of sulfonamides is 1. The van der Waals surface area contributed by atoms with Gasteiger partial charge in [-0.2, -0.15) is 4.99 Å². The molecule has 0 amide bonds. The zero-order chi connectivity index (χ0) is 30.2. The first-order chi connectivity index (χ1) is 20.5. The molecule has 1 saturated heterocycles. The number of halogens is 2. The van der Waals surface area contributed by atoms with Crippen molar-refractivity contribution >= 4 is 50.9 Å². The Bertz CT molecular complexity index is 1790. The molecule has 5 aliphatic rings. The molecule has 4 aliphatic heterocycles. The number of nitrogens with two attached hydrogens (primary N) is 1. The van der Waals surface area contributed by atoms with Crippen LogP contribution in [0.15, 0.2) is 93.2 Å². The Labute approximate surface area is 262 Å². The van der Waals surface area contributed by atoms with E-state index in [1.54, 1.807) is 31.1 Å². The van der Waals surface area contributed by atoms with E-state index < -0.39 is 26.0 Å². The number of hydrogen-bond acceptors (Lipinski definition) is 5. The Balaban J connectivity index is 1.48. The molecule has 8 nitrogen and oxygen atoms in total. The number of guanidine groups is 2. The van der Waals surface area contributed by atoms with E-state index in [-0.39, 0.29) is 17.8 Å². The molecule has 4 heterocycles. The molecular weight excluding hydrogens is 603 g/mol. The molecule has 2 N–H and O–H groups in total. The van der Waals surface area contributed by atoms with Gasteiger partial charge in [-0.1, -0.05) is 77.8 Å². The fourth-order valence-corrected chi connectivity index (χ4v) is 9.42. The molecule has 222 valence electrons. The molecule has 8 rings (SSSR count). The van der Waals surface area contributed by atoms with Gasteiger partial charge in [0.15, 0.2) is 11.6 Å². The average molecular weight is 636 g/mol. The molecule has 2 spiro atoms. The van der Waals surface area contributed by atoms with Gasteiger partial charge in [-0.25, -0.2) is 8.42 Å². The van der Waals surface area contributed by atoms with Crippen LogP contribution in [0.1, 0.15) is 54.7 Å². The second kappa shape index (κ2) is 9.81. The van der Waals surface area contributed by atoms with E-state index in [2.05, 4.69) is 26.4 Å². The Morgan fingerprint density at radius 2 is 1.56 bits per heavy atom. The van der Waals surface area contributed by atoms with Gasteiger partial charge in [0, 0.05) is 30.1 Å². The van der Waals surface area contributed by atoms with E-state index in [0.29, 0.717) is 41.3 Å². The lowest BCUT2D eigenvalue weighted by Crippen LogP contribution is -2.41. The summed E-state index contributed by atoms with van der Waals surface area (Å²) in [6.07, 6.45) is 2.62. The Hall–Kier alpha value is -3.40. The SMILES string of the molecule is CN(C)C(N)=NC1=NS(=O)(=O)C2(c3ccc(Cl)cc3)CCC34CC(c5ccccc5)C(c5ccc(Cl)cc5)=NC3(CC2)N14. The Kier molecular flexibility index (Phi) is 6.47. The minimum absolute atomic E-state index is 0.0315. The molecule has 4 bridgehead atoms. The molecule has 2 fully saturated rings. The first kappa shape index (κ1) is 28.4. The van der Waals surface area contributed by atoms with Crippen molar-refractivity contribution in [2.45, 2.75) is 54.0 Å². The number of nitrogens with zero attached hydrogens (tertiary/aromatic N) is 5. The highest BCUT2D eigenvalue weighted by Gasteiger charge is 2.81. The molecule has 4 atom stereocenters. The molecule has 3 aromatic carbocycles. The number of benzene rings is 3. The Morgan fingerprint density at radius 1 is 0.930 bits per heavy atom. The van der Waals surface area contributed by atoms with Gasteiger partial charge in [-0.05, 0) is 73.1 Å². The van der Waals surface area contributed by atoms with Crippen molar-refractivity contribution in [1.29, 1.82) is 0 Å². The summed E-state index contributed by atoms with van der Waals surface area (Å²) < 4.78 is 31.9. The van der Waals surface area contributed by atoms with Crippen LogP contribution in [-0.4, -0.2) is 61.1 Å². The quantitative estimate of drug-likeness (QED) is 0.224. The van der Waals surface area contributed by atoms with Crippen molar-refractivity contribution in [3.8, 4) is 0 Å². The first-order valence-corrected chi connectivity index (χ1v) is 16.5. The standard InChI is InChI=1S/C32H32Cl2N6O2S/c1-39(2)28(35)36-29-38-43(41,42)30(23-10-14-25(34)15-11-23)16-18-31-20-26(21-6-4-3-5-7-21)27(22-8-12-24(33)13-9-22)37-32(31,19-17-30)40(29)31/h3-15,26H,16-20H2,1-2H3,(H2,35,36,38). The van der Waals surface area contributed by atoms with Crippen LogP contribution in [-0.2, 0) is 14.8 Å². The molecule has 0 aromatic heterocycles. The zero-order valence-corrected chi connectivity index (χ0v) is 26.2. The molecule has 1 aliphatic carbocycles. The summed E-state index contributed by atoms with van der Waals surface area (Å²) in [7, 11) is -0.541. The molecular formula is C32H32Cl2N6O2S. The predicted molar refractivity (Wildman–Crippen MR) is 172 cm³/mol. The summed E-state index contributed by atoms with van der Waals surface area (Å²) >= 11 is 12.5. The fourth-order valence-electron chi connectivity index (χ4n) is 7.50. The van der Waals surface area contributed by atoms with Crippen LogP contribution < -0.4 is 5.73 Å². The molecule has 11 heteroatoms. The lowest BCUT2D eigenvalue weighted by molar-refractivity contribution is 0.375. The lowest BCUT2D eigenvalue weighted by atomic mass is 9.75. The van der Waals surface area contributed by atoms with Crippen molar-refractivity contribution < 1.29 is 8.42 Å². The molecule has 1 saturated carbocycles. The monoisotopic (exact) mass is 634 g/mol. The van der Waals surface area contributed by atoms with Crippen molar-refractivity contribution in [2.75, 3.05) is 14.1 Å². The third-order valence-electron chi connectivity index (χ3n) is 9.77. The fraction of sp³-hybridized carbons (Fsp3) is 0.344. The smallest absolute Gasteiger partial charge is 0.266 e. The second-order valence-electron chi connectivity index (χ2n) is 12.1.